The minimum Gasteiger partial charge on any atom is -0.335 e. The van der Waals surface area contributed by atoms with Gasteiger partial charge in [-0.2, -0.15) is 0 Å². The molecule has 1 aromatic heterocycles. The second kappa shape index (κ2) is 6.37. The molecule has 5 heteroatoms. The SMILES string of the molecule is CCN(C(=O)c1cc(C)c(Br)s1)C1CCC(N)CC1. The maximum Gasteiger partial charge on any atom is 0.264 e. The Labute approximate surface area is 127 Å². The highest BCUT2D eigenvalue weighted by Crippen LogP contribution is 2.30. The fraction of sp³-hybridized carbons (Fsp3) is 0.643. The molecule has 106 valence electrons. The summed E-state index contributed by atoms with van der Waals surface area (Å²) in [5.41, 5.74) is 7.08. The normalized spacial score (nSPS) is 23.4. The van der Waals surface area contributed by atoms with E-state index in [1.807, 2.05) is 17.9 Å². The Kier molecular flexibility index (Phi) is 5.03. The van der Waals surface area contributed by atoms with Crippen molar-refractivity contribution in [2.45, 2.75) is 51.6 Å². The van der Waals surface area contributed by atoms with Gasteiger partial charge in [0.05, 0.1) is 8.66 Å². The van der Waals surface area contributed by atoms with Crippen LogP contribution in [0, 0.1) is 6.92 Å². The molecule has 0 aliphatic heterocycles. The monoisotopic (exact) mass is 344 g/mol. The van der Waals surface area contributed by atoms with Crippen LogP contribution in [0.25, 0.3) is 0 Å². The van der Waals surface area contributed by atoms with Crippen molar-refractivity contribution < 1.29 is 4.79 Å². The minimum absolute atomic E-state index is 0.168. The summed E-state index contributed by atoms with van der Waals surface area (Å²) in [6, 6.07) is 2.66. The smallest absolute Gasteiger partial charge is 0.264 e. The van der Waals surface area contributed by atoms with Crippen molar-refractivity contribution in [1.29, 1.82) is 0 Å². The highest BCUT2D eigenvalue weighted by molar-refractivity contribution is 9.11. The lowest BCUT2D eigenvalue weighted by molar-refractivity contribution is 0.0645. The van der Waals surface area contributed by atoms with Crippen molar-refractivity contribution in [2.75, 3.05) is 6.54 Å². The molecule has 0 spiro atoms. The van der Waals surface area contributed by atoms with Gasteiger partial charge in [-0.3, -0.25) is 4.79 Å². The summed E-state index contributed by atoms with van der Waals surface area (Å²) in [5.74, 6) is 0.168. The summed E-state index contributed by atoms with van der Waals surface area (Å²) in [5, 5.41) is 0. The highest BCUT2D eigenvalue weighted by atomic mass is 79.9. The van der Waals surface area contributed by atoms with Gasteiger partial charge in [-0.1, -0.05) is 0 Å². The van der Waals surface area contributed by atoms with Crippen LogP contribution in [0.3, 0.4) is 0 Å². The molecule has 1 heterocycles. The van der Waals surface area contributed by atoms with E-state index in [-0.39, 0.29) is 5.91 Å². The molecule has 3 nitrogen and oxygen atoms in total. The molecule has 2 N–H and O–H groups in total. The van der Waals surface area contributed by atoms with E-state index >= 15 is 0 Å². The van der Waals surface area contributed by atoms with E-state index in [0.29, 0.717) is 12.1 Å². The Balaban J connectivity index is 2.10. The summed E-state index contributed by atoms with van der Waals surface area (Å²) in [6.07, 6.45) is 4.13. The van der Waals surface area contributed by atoms with Gasteiger partial charge in [0, 0.05) is 18.6 Å². The Bertz CT molecular complexity index is 433. The maximum absolute atomic E-state index is 12.6. The van der Waals surface area contributed by atoms with Crippen LogP contribution in [0.4, 0.5) is 0 Å². The summed E-state index contributed by atoms with van der Waals surface area (Å²) in [4.78, 5) is 15.5. The van der Waals surface area contributed by atoms with Gasteiger partial charge >= 0.3 is 0 Å². The van der Waals surface area contributed by atoms with Gasteiger partial charge in [0.25, 0.3) is 5.91 Å². The summed E-state index contributed by atoms with van der Waals surface area (Å²) in [7, 11) is 0. The Morgan fingerprint density at radius 2 is 2.11 bits per heavy atom. The third kappa shape index (κ3) is 3.38. The maximum atomic E-state index is 12.6. The number of rotatable bonds is 3. The molecule has 1 fully saturated rings. The van der Waals surface area contributed by atoms with Crippen LogP contribution >= 0.6 is 27.3 Å². The molecule has 0 saturated heterocycles. The van der Waals surface area contributed by atoms with Crippen LogP contribution in [0.15, 0.2) is 9.85 Å². The van der Waals surface area contributed by atoms with Gasteiger partial charge in [0.2, 0.25) is 0 Å². The van der Waals surface area contributed by atoms with Crippen LogP contribution in [-0.2, 0) is 0 Å². The summed E-state index contributed by atoms with van der Waals surface area (Å²) < 4.78 is 1.05. The molecule has 1 aliphatic carbocycles. The van der Waals surface area contributed by atoms with E-state index in [4.69, 9.17) is 5.73 Å². The molecule has 0 radical (unpaired) electrons. The van der Waals surface area contributed by atoms with Crippen molar-refractivity contribution in [3.8, 4) is 0 Å². The lowest BCUT2D eigenvalue weighted by atomic mass is 9.90. The van der Waals surface area contributed by atoms with Crippen LogP contribution < -0.4 is 5.73 Å². The lowest BCUT2D eigenvalue weighted by Crippen LogP contribution is -2.43. The molecule has 0 aromatic carbocycles. The van der Waals surface area contributed by atoms with Crippen molar-refractivity contribution in [2.24, 2.45) is 5.73 Å². The second-order valence-electron chi connectivity index (χ2n) is 5.23. The number of amides is 1. The average Bonchev–Trinajstić information content (AvgIpc) is 2.73. The summed E-state index contributed by atoms with van der Waals surface area (Å²) in [6.45, 7) is 4.85. The summed E-state index contributed by atoms with van der Waals surface area (Å²) >= 11 is 5.02. The van der Waals surface area contributed by atoms with Gasteiger partial charge in [0.15, 0.2) is 0 Å². The van der Waals surface area contributed by atoms with E-state index in [1.165, 1.54) is 11.3 Å². The van der Waals surface area contributed by atoms with E-state index in [2.05, 4.69) is 22.9 Å². The number of hydrogen-bond acceptors (Lipinski definition) is 3. The van der Waals surface area contributed by atoms with Crippen LogP contribution in [0.5, 0.6) is 0 Å². The topological polar surface area (TPSA) is 46.3 Å². The lowest BCUT2D eigenvalue weighted by Gasteiger charge is -2.35. The molecule has 0 atom stereocenters. The van der Waals surface area contributed by atoms with Gasteiger partial charge in [-0.05, 0) is 67.1 Å². The number of nitrogens with zero attached hydrogens (tertiary/aromatic N) is 1. The fourth-order valence-corrected chi connectivity index (χ4v) is 4.18. The van der Waals surface area contributed by atoms with E-state index in [9.17, 15) is 4.79 Å². The zero-order chi connectivity index (χ0) is 14.0. The number of aryl methyl sites for hydroxylation is 1. The second-order valence-corrected chi connectivity index (χ2v) is 7.60. The van der Waals surface area contributed by atoms with Crippen molar-refractivity contribution >= 4 is 33.2 Å². The van der Waals surface area contributed by atoms with Crippen molar-refractivity contribution in [1.82, 2.24) is 4.90 Å². The molecule has 2 rings (SSSR count). The van der Waals surface area contributed by atoms with Crippen molar-refractivity contribution in [3.05, 3.63) is 20.3 Å². The molecule has 0 unspecified atom stereocenters. The van der Waals surface area contributed by atoms with Crippen molar-refractivity contribution in [3.63, 3.8) is 0 Å². The molecule has 1 amide bonds. The van der Waals surface area contributed by atoms with Gasteiger partial charge in [0.1, 0.15) is 0 Å². The zero-order valence-electron chi connectivity index (χ0n) is 11.5. The molecule has 1 aliphatic rings. The first-order valence-corrected chi connectivity index (χ1v) is 8.46. The minimum atomic E-state index is 0.168. The Morgan fingerprint density at radius 3 is 2.58 bits per heavy atom. The average molecular weight is 345 g/mol. The zero-order valence-corrected chi connectivity index (χ0v) is 13.9. The van der Waals surface area contributed by atoms with Gasteiger partial charge < -0.3 is 10.6 Å². The number of nitrogens with two attached hydrogens (primary N) is 1. The van der Waals surface area contributed by atoms with Crippen LogP contribution in [-0.4, -0.2) is 29.4 Å². The molecular weight excluding hydrogens is 324 g/mol. The largest absolute Gasteiger partial charge is 0.335 e. The Hall–Kier alpha value is -0.390. The van der Waals surface area contributed by atoms with Crippen LogP contribution in [0.1, 0.15) is 47.8 Å². The Morgan fingerprint density at radius 1 is 1.47 bits per heavy atom. The van der Waals surface area contributed by atoms with E-state index in [1.54, 1.807) is 0 Å². The van der Waals surface area contributed by atoms with Gasteiger partial charge in [-0.15, -0.1) is 11.3 Å². The molecular formula is C14H21BrN2OS. The predicted octanol–water partition coefficient (Wildman–Crippen LogP) is 3.55. The standard InChI is InChI=1S/C14H21BrN2OS/c1-3-17(11-6-4-10(16)5-7-11)14(18)12-8-9(2)13(15)19-12/h8,10-11H,3-7,16H2,1-2H3. The van der Waals surface area contributed by atoms with Crippen LogP contribution in [0.2, 0.25) is 0 Å². The number of thiophene rings is 1. The molecule has 1 saturated carbocycles. The quantitative estimate of drug-likeness (QED) is 0.911. The van der Waals surface area contributed by atoms with E-state index in [0.717, 1.165) is 46.5 Å². The highest BCUT2D eigenvalue weighted by Gasteiger charge is 2.28. The first-order chi connectivity index (χ1) is 9.02. The third-order valence-electron chi connectivity index (χ3n) is 3.85. The number of halogens is 1. The predicted molar refractivity (Wildman–Crippen MR) is 83.7 cm³/mol. The first kappa shape index (κ1) is 15.0. The fourth-order valence-electron chi connectivity index (χ4n) is 2.69. The molecule has 19 heavy (non-hydrogen) atoms. The molecule has 1 aromatic rings. The number of carbonyl (C=O) groups excluding carboxylic acids is 1. The number of hydrogen-bond donors (Lipinski definition) is 1. The van der Waals surface area contributed by atoms with E-state index < -0.39 is 0 Å². The van der Waals surface area contributed by atoms with Gasteiger partial charge in [-0.25, -0.2) is 0 Å². The molecule has 0 bridgehead atoms. The first-order valence-electron chi connectivity index (χ1n) is 6.85. The third-order valence-corrected chi connectivity index (χ3v) is 5.98. The number of carbonyl (C=O) groups is 1.